The zero-order chi connectivity index (χ0) is 11.8. The van der Waals surface area contributed by atoms with E-state index in [9.17, 15) is 13.2 Å². The van der Waals surface area contributed by atoms with Crippen molar-refractivity contribution in [2.24, 2.45) is 0 Å². The Hall–Kier alpha value is -0.440. The standard InChI is InChI=1S/C7H8BrNO4S2/c1-9(2)15(12,13)7-4(8)3-5(14-7)6(10)11/h3H,1-2H3,(H,10,11). The van der Waals surface area contributed by atoms with Gasteiger partial charge >= 0.3 is 5.97 Å². The van der Waals surface area contributed by atoms with E-state index in [1.165, 1.54) is 20.2 Å². The predicted molar refractivity (Wildman–Crippen MR) is 59.9 cm³/mol. The number of carboxylic acids is 1. The smallest absolute Gasteiger partial charge is 0.345 e. The Bertz CT molecular complexity index is 491. The molecule has 0 aliphatic carbocycles. The van der Waals surface area contributed by atoms with Gasteiger partial charge in [-0.1, -0.05) is 0 Å². The summed E-state index contributed by atoms with van der Waals surface area (Å²) in [6, 6.07) is 1.28. The number of hydrogen-bond donors (Lipinski definition) is 1. The van der Waals surface area contributed by atoms with Crippen LogP contribution in [0.2, 0.25) is 0 Å². The van der Waals surface area contributed by atoms with Gasteiger partial charge in [0, 0.05) is 18.6 Å². The maximum Gasteiger partial charge on any atom is 0.345 e. The van der Waals surface area contributed by atoms with Crippen molar-refractivity contribution in [2.45, 2.75) is 4.21 Å². The molecule has 0 aliphatic heterocycles. The summed E-state index contributed by atoms with van der Waals surface area (Å²) in [7, 11) is -0.797. The first-order valence-electron chi connectivity index (χ1n) is 3.72. The first-order valence-corrected chi connectivity index (χ1v) is 6.77. The highest BCUT2D eigenvalue weighted by atomic mass is 79.9. The van der Waals surface area contributed by atoms with Crippen LogP contribution in [0.5, 0.6) is 0 Å². The van der Waals surface area contributed by atoms with Crippen molar-refractivity contribution < 1.29 is 18.3 Å². The van der Waals surface area contributed by atoms with E-state index in [-0.39, 0.29) is 13.6 Å². The average Bonchev–Trinajstić information content (AvgIpc) is 2.47. The van der Waals surface area contributed by atoms with E-state index in [1.54, 1.807) is 0 Å². The van der Waals surface area contributed by atoms with Crippen molar-refractivity contribution in [2.75, 3.05) is 14.1 Å². The molecule has 1 aromatic rings. The summed E-state index contributed by atoms with van der Waals surface area (Å²) >= 11 is 3.76. The minimum atomic E-state index is -3.58. The minimum absolute atomic E-state index is 0.00454. The molecule has 1 heterocycles. The zero-order valence-corrected chi connectivity index (χ0v) is 11.1. The third kappa shape index (κ3) is 2.39. The monoisotopic (exact) mass is 313 g/mol. The summed E-state index contributed by atoms with van der Waals surface area (Å²) in [4.78, 5) is 10.6. The maximum absolute atomic E-state index is 11.7. The molecule has 0 saturated heterocycles. The van der Waals surface area contributed by atoms with E-state index in [0.29, 0.717) is 0 Å². The van der Waals surface area contributed by atoms with Gasteiger partial charge in [0.15, 0.2) is 0 Å². The Morgan fingerprint density at radius 3 is 2.40 bits per heavy atom. The van der Waals surface area contributed by atoms with E-state index in [4.69, 9.17) is 5.11 Å². The van der Waals surface area contributed by atoms with Crippen LogP contribution in [0.3, 0.4) is 0 Å². The molecule has 0 aliphatic rings. The molecule has 0 saturated carbocycles. The Morgan fingerprint density at radius 2 is 2.07 bits per heavy atom. The van der Waals surface area contributed by atoms with Gasteiger partial charge in [0.2, 0.25) is 0 Å². The molecule has 0 spiro atoms. The fraction of sp³-hybridized carbons (Fsp3) is 0.286. The topological polar surface area (TPSA) is 74.7 Å². The minimum Gasteiger partial charge on any atom is -0.477 e. The molecule has 0 unspecified atom stereocenters. The number of rotatable bonds is 3. The molecule has 15 heavy (non-hydrogen) atoms. The molecule has 1 aromatic heterocycles. The van der Waals surface area contributed by atoms with Gasteiger partial charge in [-0.05, 0) is 22.0 Å². The molecule has 0 aromatic carbocycles. The quantitative estimate of drug-likeness (QED) is 0.916. The summed E-state index contributed by atoms with van der Waals surface area (Å²) < 4.78 is 24.7. The number of thiophene rings is 1. The van der Waals surface area contributed by atoms with Crippen LogP contribution in [0.4, 0.5) is 0 Å². The molecule has 0 atom stereocenters. The van der Waals surface area contributed by atoms with Gasteiger partial charge in [-0.25, -0.2) is 17.5 Å². The summed E-state index contributed by atoms with van der Waals surface area (Å²) in [6.45, 7) is 0. The largest absolute Gasteiger partial charge is 0.477 e. The average molecular weight is 314 g/mol. The van der Waals surface area contributed by atoms with Gasteiger partial charge in [0.05, 0.1) is 0 Å². The fourth-order valence-corrected chi connectivity index (χ4v) is 4.43. The number of aromatic carboxylic acids is 1. The lowest BCUT2D eigenvalue weighted by atomic mass is 10.5. The number of sulfonamides is 1. The molecular weight excluding hydrogens is 306 g/mol. The SMILES string of the molecule is CN(C)S(=O)(=O)c1sc(C(=O)O)cc1Br. The maximum atomic E-state index is 11.7. The van der Waals surface area contributed by atoms with Crippen LogP contribution in [0.15, 0.2) is 14.7 Å². The Labute approximate surface area is 99.5 Å². The molecule has 1 N–H and O–H groups in total. The van der Waals surface area contributed by atoms with Crippen LogP contribution in [0.1, 0.15) is 9.67 Å². The van der Waals surface area contributed by atoms with E-state index < -0.39 is 16.0 Å². The molecule has 8 heteroatoms. The number of hydrogen-bond acceptors (Lipinski definition) is 4. The number of carbonyl (C=O) groups is 1. The first kappa shape index (κ1) is 12.6. The molecule has 0 bridgehead atoms. The lowest BCUT2D eigenvalue weighted by Gasteiger charge is -2.09. The van der Waals surface area contributed by atoms with Crippen molar-refractivity contribution in [3.05, 3.63) is 15.4 Å². The highest BCUT2D eigenvalue weighted by Crippen LogP contribution is 2.32. The summed E-state index contributed by atoms with van der Waals surface area (Å²) in [6.07, 6.45) is 0. The van der Waals surface area contributed by atoms with Crippen LogP contribution in [-0.2, 0) is 10.0 Å². The third-order valence-corrected chi connectivity index (χ3v) is 6.18. The van der Waals surface area contributed by atoms with Crippen molar-refractivity contribution in [1.82, 2.24) is 4.31 Å². The van der Waals surface area contributed by atoms with Gasteiger partial charge in [-0.3, -0.25) is 0 Å². The van der Waals surface area contributed by atoms with Crippen LogP contribution in [-0.4, -0.2) is 37.9 Å². The Kier molecular flexibility index (Phi) is 3.54. The number of nitrogens with zero attached hydrogens (tertiary/aromatic N) is 1. The molecule has 84 valence electrons. The Balaban J connectivity index is 3.34. The van der Waals surface area contributed by atoms with Crippen LogP contribution in [0, 0.1) is 0 Å². The van der Waals surface area contributed by atoms with Crippen molar-refractivity contribution in [3.63, 3.8) is 0 Å². The van der Waals surface area contributed by atoms with E-state index in [0.717, 1.165) is 15.6 Å². The van der Waals surface area contributed by atoms with Crippen LogP contribution in [0.25, 0.3) is 0 Å². The molecule has 5 nitrogen and oxygen atoms in total. The van der Waals surface area contributed by atoms with Gasteiger partial charge in [0.25, 0.3) is 10.0 Å². The van der Waals surface area contributed by atoms with E-state index in [1.807, 2.05) is 0 Å². The highest BCUT2D eigenvalue weighted by molar-refractivity contribution is 9.10. The van der Waals surface area contributed by atoms with Crippen LogP contribution < -0.4 is 0 Å². The normalized spacial score (nSPS) is 12.0. The van der Waals surface area contributed by atoms with Gasteiger partial charge < -0.3 is 5.11 Å². The predicted octanol–water partition coefficient (Wildman–Crippen LogP) is 1.46. The number of carboxylic acid groups (broad SMARTS) is 1. The van der Waals surface area contributed by atoms with Gasteiger partial charge in [-0.15, -0.1) is 11.3 Å². The lowest BCUT2D eigenvalue weighted by Crippen LogP contribution is -2.21. The molecular formula is C7H8BrNO4S2. The van der Waals surface area contributed by atoms with E-state index >= 15 is 0 Å². The first-order chi connectivity index (χ1) is 6.76. The second-order valence-electron chi connectivity index (χ2n) is 2.84. The van der Waals surface area contributed by atoms with Crippen molar-refractivity contribution >= 4 is 43.3 Å². The van der Waals surface area contributed by atoms with Crippen molar-refractivity contribution in [3.8, 4) is 0 Å². The highest BCUT2D eigenvalue weighted by Gasteiger charge is 2.25. The van der Waals surface area contributed by atoms with Gasteiger partial charge in [0.1, 0.15) is 9.09 Å². The summed E-state index contributed by atoms with van der Waals surface area (Å²) in [5.41, 5.74) is 0. The fourth-order valence-electron chi connectivity index (χ4n) is 0.799. The molecule has 0 radical (unpaired) electrons. The lowest BCUT2D eigenvalue weighted by molar-refractivity contribution is 0.0702. The second-order valence-corrected chi connectivity index (χ2v) is 7.09. The molecule has 0 fully saturated rings. The van der Waals surface area contributed by atoms with Crippen LogP contribution >= 0.6 is 27.3 Å². The third-order valence-electron chi connectivity index (χ3n) is 1.58. The second kappa shape index (κ2) is 4.20. The summed E-state index contributed by atoms with van der Waals surface area (Å²) in [5.74, 6) is -1.14. The van der Waals surface area contributed by atoms with Crippen molar-refractivity contribution in [1.29, 1.82) is 0 Å². The number of halogens is 1. The zero-order valence-electron chi connectivity index (χ0n) is 7.89. The Morgan fingerprint density at radius 1 is 1.53 bits per heavy atom. The molecule has 1 rings (SSSR count). The van der Waals surface area contributed by atoms with Gasteiger partial charge in [-0.2, -0.15) is 0 Å². The summed E-state index contributed by atoms with van der Waals surface area (Å²) in [5, 5.41) is 8.71. The molecule has 0 amide bonds. The van der Waals surface area contributed by atoms with E-state index in [2.05, 4.69) is 15.9 Å².